The normalized spacial score (nSPS) is 12.1. The molecule has 0 spiro atoms. The number of carbonyl (C=O) groups is 1. The lowest BCUT2D eigenvalue weighted by Gasteiger charge is -2.21. The number of hydrogen-bond donors (Lipinski definition) is 2. The van der Waals surface area contributed by atoms with Gasteiger partial charge >= 0.3 is 0 Å². The number of nitro groups is 1. The van der Waals surface area contributed by atoms with E-state index in [0.717, 1.165) is 0 Å². The number of hydrogen-bond acceptors (Lipinski definition) is 5. The van der Waals surface area contributed by atoms with Crippen molar-refractivity contribution in [1.29, 1.82) is 0 Å². The van der Waals surface area contributed by atoms with Crippen LogP contribution in [-0.4, -0.2) is 24.8 Å². The predicted octanol–water partition coefficient (Wildman–Crippen LogP) is 3.65. The van der Waals surface area contributed by atoms with Gasteiger partial charge in [-0.3, -0.25) is 14.9 Å². The molecule has 0 aliphatic heterocycles. The highest BCUT2D eigenvalue weighted by Gasteiger charge is 2.24. The van der Waals surface area contributed by atoms with Crippen LogP contribution in [0.15, 0.2) is 53.4 Å². The molecule has 2 N–H and O–H groups in total. The summed E-state index contributed by atoms with van der Waals surface area (Å²) >= 11 is 5.76. The zero-order valence-electron chi connectivity index (χ0n) is 16.7. The van der Waals surface area contributed by atoms with Crippen LogP contribution in [0, 0.1) is 10.1 Å². The number of halogens is 1. The summed E-state index contributed by atoms with van der Waals surface area (Å²) in [5.41, 5.74) is -0.0551. The van der Waals surface area contributed by atoms with E-state index in [1.165, 1.54) is 30.4 Å². The molecule has 0 radical (unpaired) electrons. The maximum Gasteiger partial charge on any atom is 0.288 e. The lowest BCUT2D eigenvalue weighted by molar-refractivity contribution is -0.384. The third-order valence-corrected chi connectivity index (χ3v) is 5.93. The summed E-state index contributed by atoms with van der Waals surface area (Å²) < 4.78 is 27.9. The Morgan fingerprint density at radius 1 is 1.20 bits per heavy atom. The van der Waals surface area contributed by atoms with Crippen molar-refractivity contribution in [2.75, 3.05) is 0 Å². The van der Waals surface area contributed by atoms with Crippen molar-refractivity contribution >= 4 is 39.3 Å². The van der Waals surface area contributed by atoms with Crippen molar-refractivity contribution < 1.29 is 18.1 Å². The predicted molar refractivity (Wildman–Crippen MR) is 116 cm³/mol. The van der Waals surface area contributed by atoms with Crippen molar-refractivity contribution in [1.82, 2.24) is 10.0 Å². The van der Waals surface area contributed by atoms with E-state index in [1.807, 2.05) is 0 Å². The second-order valence-electron chi connectivity index (χ2n) is 7.48. The summed E-state index contributed by atoms with van der Waals surface area (Å²) in [6, 6.07) is 10.5. The van der Waals surface area contributed by atoms with Gasteiger partial charge in [-0.2, -0.15) is 0 Å². The molecule has 2 aromatic carbocycles. The van der Waals surface area contributed by atoms with Gasteiger partial charge in [0.05, 0.1) is 9.82 Å². The van der Waals surface area contributed by atoms with Crippen molar-refractivity contribution in [3.8, 4) is 0 Å². The number of carbonyl (C=O) groups excluding carboxylic acids is 1. The fourth-order valence-electron chi connectivity index (χ4n) is 2.56. The van der Waals surface area contributed by atoms with Crippen LogP contribution in [-0.2, 0) is 21.4 Å². The van der Waals surface area contributed by atoms with Gasteiger partial charge in [-0.25, -0.2) is 13.1 Å². The van der Waals surface area contributed by atoms with Crippen molar-refractivity contribution in [2.45, 2.75) is 37.8 Å². The van der Waals surface area contributed by atoms with Gasteiger partial charge in [0.2, 0.25) is 15.9 Å². The third kappa shape index (κ3) is 6.65. The molecular weight excluding hydrogens is 430 g/mol. The van der Waals surface area contributed by atoms with Gasteiger partial charge < -0.3 is 5.32 Å². The first kappa shape index (κ1) is 23.5. The number of nitrogens with one attached hydrogen (secondary N) is 2. The Morgan fingerprint density at radius 2 is 1.87 bits per heavy atom. The Hall–Kier alpha value is -2.75. The molecule has 0 heterocycles. The minimum Gasteiger partial charge on any atom is -0.348 e. The van der Waals surface area contributed by atoms with E-state index in [9.17, 15) is 23.3 Å². The minimum absolute atomic E-state index is 0.00304. The molecule has 0 fully saturated rings. The second kappa shape index (κ2) is 9.38. The molecule has 160 valence electrons. The molecule has 0 aromatic heterocycles. The van der Waals surface area contributed by atoms with Crippen LogP contribution < -0.4 is 10.0 Å². The number of nitro benzene ring substituents is 1. The Balaban J connectivity index is 2.12. The number of rotatable bonds is 7. The number of nitrogens with zero attached hydrogens (tertiary/aromatic N) is 1. The quantitative estimate of drug-likeness (QED) is 0.378. The van der Waals surface area contributed by atoms with Crippen LogP contribution in [0.4, 0.5) is 5.69 Å². The summed E-state index contributed by atoms with van der Waals surface area (Å²) in [4.78, 5) is 22.5. The molecule has 0 unspecified atom stereocenters. The van der Waals surface area contributed by atoms with E-state index in [1.54, 1.807) is 45.0 Å². The van der Waals surface area contributed by atoms with E-state index in [2.05, 4.69) is 10.0 Å². The van der Waals surface area contributed by atoms with Crippen LogP contribution in [0.25, 0.3) is 6.08 Å². The van der Waals surface area contributed by atoms with E-state index in [-0.39, 0.29) is 22.2 Å². The minimum atomic E-state index is -3.76. The van der Waals surface area contributed by atoms with Gasteiger partial charge in [-0.1, -0.05) is 35.9 Å². The van der Waals surface area contributed by atoms with Crippen molar-refractivity contribution in [2.24, 2.45) is 0 Å². The number of sulfonamides is 1. The zero-order valence-corrected chi connectivity index (χ0v) is 18.3. The Bertz CT molecular complexity index is 1090. The van der Waals surface area contributed by atoms with Gasteiger partial charge in [0.25, 0.3) is 5.69 Å². The standard InChI is InChI=1S/C20H22ClN3O5S/c1-20(2,3)23-30(28,29)18-7-5-4-6-15(18)13-22-19(25)11-9-14-8-10-16(21)17(12-14)24(26)27/h4-12,23H,13H2,1-3H3,(H,22,25)/b11-9+. The summed E-state index contributed by atoms with van der Waals surface area (Å²) in [6.07, 6.45) is 2.61. The molecule has 0 aliphatic rings. The van der Waals surface area contributed by atoms with E-state index < -0.39 is 26.4 Å². The molecular formula is C20H22ClN3O5S. The molecule has 2 rings (SSSR count). The second-order valence-corrected chi connectivity index (χ2v) is 9.54. The smallest absolute Gasteiger partial charge is 0.288 e. The molecule has 0 aliphatic carbocycles. The monoisotopic (exact) mass is 451 g/mol. The summed E-state index contributed by atoms with van der Waals surface area (Å²) in [5.74, 6) is -0.483. The third-order valence-electron chi connectivity index (χ3n) is 3.75. The molecule has 1 amide bonds. The average Bonchev–Trinajstić information content (AvgIpc) is 2.63. The summed E-state index contributed by atoms with van der Waals surface area (Å²) in [6.45, 7) is 5.20. The molecule has 0 saturated heterocycles. The lowest BCUT2D eigenvalue weighted by atomic mass is 10.1. The highest BCUT2D eigenvalue weighted by molar-refractivity contribution is 7.89. The van der Waals surface area contributed by atoms with Gasteiger partial charge in [-0.05, 0) is 50.1 Å². The van der Waals surface area contributed by atoms with Crippen LogP contribution >= 0.6 is 11.6 Å². The lowest BCUT2D eigenvalue weighted by Crippen LogP contribution is -2.41. The van der Waals surface area contributed by atoms with E-state index in [0.29, 0.717) is 11.1 Å². The van der Waals surface area contributed by atoms with Crippen LogP contribution in [0.1, 0.15) is 31.9 Å². The Morgan fingerprint density at radius 3 is 2.50 bits per heavy atom. The van der Waals surface area contributed by atoms with Gasteiger partial charge in [0, 0.05) is 24.2 Å². The van der Waals surface area contributed by atoms with Crippen LogP contribution in [0.5, 0.6) is 0 Å². The maximum atomic E-state index is 12.6. The molecule has 30 heavy (non-hydrogen) atoms. The van der Waals surface area contributed by atoms with E-state index >= 15 is 0 Å². The molecule has 2 aromatic rings. The van der Waals surface area contributed by atoms with E-state index in [4.69, 9.17) is 11.6 Å². The molecule has 0 bridgehead atoms. The summed E-state index contributed by atoms with van der Waals surface area (Å²) in [5, 5.41) is 13.6. The van der Waals surface area contributed by atoms with Crippen LogP contribution in [0.2, 0.25) is 5.02 Å². The first-order valence-electron chi connectivity index (χ1n) is 8.91. The van der Waals surface area contributed by atoms with Crippen molar-refractivity contribution in [3.05, 3.63) is 74.8 Å². The largest absolute Gasteiger partial charge is 0.348 e. The topological polar surface area (TPSA) is 118 Å². The average molecular weight is 452 g/mol. The first-order valence-corrected chi connectivity index (χ1v) is 10.8. The fraction of sp³-hybridized carbons (Fsp3) is 0.250. The van der Waals surface area contributed by atoms with Crippen molar-refractivity contribution in [3.63, 3.8) is 0 Å². The van der Waals surface area contributed by atoms with Gasteiger partial charge in [-0.15, -0.1) is 0 Å². The molecule has 0 saturated carbocycles. The highest BCUT2D eigenvalue weighted by Crippen LogP contribution is 2.25. The molecule has 0 atom stereocenters. The summed E-state index contributed by atoms with van der Waals surface area (Å²) in [7, 11) is -3.76. The molecule has 10 heteroatoms. The fourth-order valence-corrected chi connectivity index (χ4v) is 4.40. The highest BCUT2D eigenvalue weighted by atomic mass is 35.5. The molecule has 8 nitrogen and oxygen atoms in total. The SMILES string of the molecule is CC(C)(C)NS(=O)(=O)c1ccccc1CNC(=O)/C=C/c1ccc(Cl)c([N+](=O)[O-])c1. The van der Waals surface area contributed by atoms with Gasteiger partial charge in [0.15, 0.2) is 0 Å². The van der Waals surface area contributed by atoms with Gasteiger partial charge in [0.1, 0.15) is 5.02 Å². The van der Waals surface area contributed by atoms with Crippen LogP contribution in [0.3, 0.4) is 0 Å². The first-order chi connectivity index (χ1) is 13.9. The maximum absolute atomic E-state index is 12.6. The zero-order chi connectivity index (χ0) is 22.5. The Labute approximate surface area is 180 Å². The Kier molecular flexibility index (Phi) is 7.35. The number of benzene rings is 2. The number of amides is 1.